The SMILES string of the molecule is CCNS(=O)(=O)c1ccc(/C(C)=N\Nc2cc(N/N=C(/C)c3ccc(S(=O)(=O)NCC)cc3)nc(Nc3cccc(F)c3)n2)cc1. The molecule has 0 atom stereocenters. The van der Waals surface area contributed by atoms with Crippen molar-refractivity contribution in [3.05, 3.63) is 95.8 Å². The Balaban J connectivity index is 1.57. The van der Waals surface area contributed by atoms with Gasteiger partial charge in [0.15, 0.2) is 11.6 Å². The molecule has 16 heteroatoms. The lowest BCUT2D eigenvalue weighted by Gasteiger charge is -2.11. The molecule has 4 rings (SSSR count). The van der Waals surface area contributed by atoms with Crippen LogP contribution < -0.4 is 25.6 Å². The second kappa shape index (κ2) is 15.0. The highest BCUT2D eigenvalue weighted by Gasteiger charge is 2.14. The normalized spacial score (nSPS) is 12.5. The topological polar surface area (TPSA) is 179 Å². The Labute approximate surface area is 267 Å². The van der Waals surface area contributed by atoms with Gasteiger partial charge in [0.2, 0.25) is 26.0 Å². The molecule has 1 heterocycles. The number of sulfonamides is 2. The maximum absolute atomic E-state index is 13.8. The predicted molar refractivity (Wildman–Crippen MR) is 178 cm³/mol. The Morgan fingerprint density at radius 2 is 1.15 bits per heavy atom. The predicted octanol–water partition coefficient (Wildman–Crippen LogP) is 4.63. The molecule has 242 valence electrons. The zero-order chi connectivity index (χ0) is 33.3. The number of nitrogens with zero attached hydrogens (tertiary/aromatic N) is 4. The minimum absolute atomic E-state index is 0.120. The molecule has 4 aromatic rings. The Morgan fingerprint density at radius 1 is 0.696 bits per heavy atom. The molecule has 0 radical (unpaired) electrons. The summed E-state index contributed by atoms with van der Waals surface area (Å²) in [7, 11) is -7.17. The lowest BCUT2D eigenvalue weighted by molar-refractivity contribution is 0.582. The number of benzene rings is 3. The Morgan fingerprint density at radius 3 is 1.57 bits per heavy atom. The van der Waals surface area contributed by atoms with Gasteiger partial charge < -0.3 is 5.32 Å². The zero-order valence-electron chi connectivity index (χ0n) is 25.5. The molecule has 0 aliphatic rings. The fourth-order valence-electron chi connectivity index (χ4n) is 4.02. The van der Waals surface area contributed by atoms with Crippen molar-refractivity contribution in [2.24, 2.45) is 10.2 Å². The molecule has 46 heavy (non-hydrogen) atoms. The van der Waals surface area contributed by atoms with Crippen LogP contribution in [-0.2, 0) is 20.0 Å². The zero-order valence-corrected chi connectivity index (χ0v) is 27.2. The monoisotopic (exact) mass is 667 g/mol. The minimum Gasteiger partial charge on any atom is -0.324 e. The quantitative estimate of drug-likeness (QED) is 0.0947. The first-order chi connectivity index (χ1) is 21.9. The first-order valence-electron chi connectivity index (χ1n) is 14.1. The van der Waals surface area contributed by atoms with Gasteiger partial charge >= 0.3 is 0 Å². The van der Waals surface area contributed by atoms with E-state index in [4.69, 9.17) is 0 Å². The summed E-state index contributed by atoms with van der Waals surface area (Å²) in [5.41, 5.74) is 8.63. The van der Waals surface area contributed by atoms with E-state index in [1.54, 1.807) is 70.2 Å². The van der Waals surface area contributed by atoms with Gasteiger partial charge in [-0.2, -0.15) is 20.2 Å². The molecule has 0 saturated carbocycles. The summed E-state index contributed by atoms with van der Waals surface area (Å²) in [5, 5.41) is 11.7. The highest BCUT2D eigenvalue weighted by Crippen LogP contribution is 2.20. The van der Waals surface area contributed by atoms with Crippen molar-refractivity contribution in [1.82, 2.24) is 19.4 Å². The van der Waals surface area contributed by atoms with Crippen molar-refractivity contribution < 1.29 is 21.2 Å². The van der Waals surface area contributed by atoms with Crippen molar-refractivity contribution in [2.75, 3.05) is 29.3 Å². The van der Waals surface area contributed by atoms with Crippen LogP contribution in [0.15, 0.2) is 98.9 Å². The van der Waals surface area contributed by atoms with Gasteiger partial charge in [0.1, 0.15) is 5.82 Å². The molecule has 0 amide bonds. The molecule has 0 saturated heterocycles. The maximum atomic E-state index is 13.8. The molecular weight excluding hydrogens is 634 g/mol. The first-order valence-corrected chi connectivity index (χ1v) is 17.1. The van der Waals surface area contributed by atoms with Crippen LogP contribution in [0.4, 0.5) is 27.7 Å². The summed E-state index contributed by atoms with van der Waals surface area (Å²) >= 11 is 0. The third-order valence-electron chi connectivity index (χ3n) is 6.32. The molecule has 0 aliphatic carbocycles. The van der Waals surface area contributed by atoms with E-state index in [1.165, 1.54) is 36.4 Å². The highest BCUT2D eigenvalue weighted by atomic mass is 32.2. The summed E-state index contributed by atoms with van der Waals surface area (Å²) in [5.74, 6) is 0.224. The molecule has 13 nitrogen and oxygen atoms in total. The van der Waals surface area contributed by atoms with Gasteiger partial charge in [0.05, 0.1) is 21.2 Å². The number of halogens is 1. The van der Waals surface area contributed by atoms with Gasteiger partial charge in [0.25, 0.3) is 0 Å². The molecule has 0 spiro atoms. The van der Waals surface area contributed by atoms with Crippen LogP contribution in [0.1, 0.15) is 38.8 Å². The van der Waals surface area contributed by atoms with E-state index in [9.17, 15) is 21.2 Å². The number of hydrogen-bond acceptors (Lipinski definition) is 11. The summed E-state index contributed by atoms with van der Waals surface area (Å²) < 4.78 is 67.7. The first kappa shape index (κ1) is 34.1. The van der Waals surface area contributed by atoms with Gasteiger partial charge in [-0.1, -0.05) is 44.2 Å². The third-order valence-corrected chi connectivity index (χ3v) is 9.44. The van der Waals surface area contributed by atoms with E-state index in [2.05, 4.69) is 45.8 Å². The van der Waals surface area contributed by atoms with E-state index in [0.717, 1.165) is 0 Å². The lowest BCUT2D eigenvalue weighted by atomic mass is 10.1. The van der Waals surface area contributed by atoms with Crippen LogP contribution in [0, 0.1) is 5.82 Å². The Bertz CT molecular complexity index is 1840. The van der Waals surface area contributed by atoms with E-state index < -0.39 is 25.9 Å². The average molecular weight is 668 g/mol. The van der Waals surface area contributed by atoms with Gasteiger partial charge in [-0.15, -0.1) is 0 Å². The lowest BCUT2D eigenvalue weighted by Crippen LogP contribution is -2.23. The van der Waals surface area contributed by atoms with E-state index in [1.807, 2.05) is 0 Å². The minimum atomic E-state index is -3.58. The Hall–Kier alpha value is -4.77. The fraction of sp³-hybridized carbons (Fsp3) is 0.200. The molecule has 0 aliphatic heterocycles. The number of anilines is 4. The molecule has 3 aromatic carbocycles. The van der Waals surface area contributed by atoms with Gasteiger partial charge in [-0.25, -0.2) is 30.7 Å². The van der Waals surface area contributed by atoms with E-state index in [0.29, 0.717) is 28.2 Å². The number of rotatable bonds is 14. The van der Waals surface area contributed by atoms with Crippen molar-refractivity contribution in [3.63, 3.8) is 0 Å². The van der Waals surface area contributed by atoms with Crippen molar-refractivity contribution in [2.45, 2.75) is 37.5 Å². The second-order valence-corrected chi connectivity index (χ2v) is 13.3. The summed E-state index contributed by atoms with van der Waals surface area (Å²) in [6.45, 7) is 7.46. The van der Waals surface area contributed by atoms with Crippen LogP contribution >= 0.6 is 0 Å². The Kier molecular flexibility index (Phi) is 11.1. The highest BCUT2D eigenvalue weighted by molar-refractivity contribution is 7.89. The standard InChI is InChI=1S/C30H34FN9O4S2/c1-5-32-45(41,42)26-14-10-22(11-15-26)20(3)37-39-28-19-29(36-30(35-28)34-25-9-7-8-24(31)18-25)40-38-21(4)23-12-16-27(17-13-23)46(43,44)33-6-2/h7-19,32-33H,5-6H2,1-4H3,(H3,34,35,36,39,40)/b37-20-,38-21-. The van der Waals surface area contributed by atoms with Crippen LogP contribution in [0.5, 0.6) is 0 Å². The van der Waals surface area contributed by atoms with Crippen LogP contribution in [0.2, 0.25) is 0 Å². The fourth-order valence-corrected chi connectivity index (χ4v) is 6.10. The summed E-state index contributed by atoms with van der Waals surface area (Å²) in [6, 6.07) is 19.9. The molecule has 5 N–H and O–H groups in total. The van der Waals surface area contributed by atoms with Crippen LogP contribution in [0.3, 0.4) is 0 Å². The number of aromatic nitrogens is 2. The smallest absolute Gasteiger partial charge is 0.240 e. The van der Waals surface area contributed by atoms with E-state index in [-0.39, 0.29) is 40.5 Å². The second-order valence-electron chi connectivity index (χ2n) is 9.77. The maximum Gasteiger partial charge on any atom is 0.240 e. The largest absolute Gasteiger partial charge is 0.324 e. The molecule has 0 unspecified atom stereocenters. The summed E-state index contributed by atoms with van der Waals surface area (Å²) in [6.07, 6.45) is 0. The van der Waals surface area contributed by atoms with Gasteiger partial charge in [-0.05, 0) is 67.4 Å². The van der Waals surface area contributed by atoms with Crippen molar-refractivity contribution in [1.29, 1.82) is 0 Å². The molecule has 0 bridgehead atoms. The van der Waals surface area contributed by atoms with Crippen molar-refractivity contribution >= 4 is 54.7 Å². The number of hydrogen-bond donors (Lipinski definition) is 5. The van der Waals surface area contributed by atoms with Crippen LogP contribution in [0.25, 0.3) is 0 Å². The average Bonchev–Trinajstić information content (AvgIpc) is 3.02. The van der Waals surface area contributed by atoms with Gasteiger partial charge in [0, 0.05) is 24.8 Å². The van der Waals surface area contributed by atoms with Gasteiger partial charge in [-0.3, -0.25) is 10.9 Å². The summed E-state index contributed by atoms with van der Waals surface area (Å²) in [4.78, 5) is 9.13. The van der Waals surface area contributed by atoms with E-state index >= 15 is 0 Å². The molecule has 1 aromatic heterocycles. The molecule has 0 fully saturated rings. The van der Waals surface area contributed by atoms with Crippen LogP contribution in [-0.4, -0.2) is 51.3 Å². The number of hydrazone groups is 2. The van der Waals surface area contributed by atoms with Crippen molar-refractivity contribution in [3.8, 4) is 0 Å². The third kappa shape index (κ3) is 9.13. The molecular formula is C30H34FN9O4S2. The number of nitrogens with one attached hydrogen (secondary N) is 5.